The number of allylic oxidation sites excluding steroid dienone is 1. The molecule has 5 nitrogen and oxygen atoms in total. The Labute approximate surface area is 155 Å². The molecule has 0 saturated carbocycles. The summed E-state index contributed by atoms with van der Waals surface area (Å²) in [7, 11) is 0. The van der Waals surface area contributed by atoms with Gasteiger partial charge in [-0.05, 0) is 31.1 Å². The molecule has 0 spiro atoms. The zero-order valence-electron chi connectivity index (χ0n) is 14.4. The molecule has 2 aromatic rings. The number of esters is 1. The Bertz CT molecular complexity index is 944. The second kappa shape index (κ2) is 8.75. The molecule has 6 heteroatoms. The molecule has 0 aliphatic heterocycles. The zero-order valence-corrected chi connectivity index (χ0v) is 15.2. The SMILES string of the molecule is CCOC(=O)c1sc(CC(=O)C(C#N)=Cc2ccccc2)c(C#N)c1C. The number of ether oxygens (including phenoxy) is 1. The second-order valence-electron chi connectivity index (χ2n) is 5.37. The smallest absolute Gasteiger partial charge is 0.348 e. The average Bonchev–Trinajstić information content (AvgIpc) is 2.96. The first-order chi connectivity index (χ1) is 12.5. The van der Waals surface area contributed by atoms with Crippen molar-refractivity contribution in [1.82, 2.24) is 0 Å². The van der Waals surface area contributed by atoms with Gasteiger partial charge >= 0.3 is 5.97 Å². The van der Waals surface area contributed by atoms with E-state index in [0.29, 0.717) is 20.9 Å². The molecular formula is C20H16N2O3S. The number of hydrogen-bond acceptors (Lipinski definition) is 6. The van der Waals surface area contributed by atoms with Gasteiger partial charge in [0.15, 0.2) is 5.78 Å². The topological polar surface area (TPSA) is 90.9 Å². The van der Waals surface area contributed by atoms with E-state index in [2.05, 4.69) is 0 Å². The van der Waals surface area contributed by atoms with Gasteiger partial charge in [0.25, 0.3) is 0 Å². The summed E-state index contributed by atoms with van der Waals surface area (Å²) in [4.78, 5) is 25.3. The van der Waals surface area contributed by atoms with E-state index in [1.165, 1.54) is 6.08 Å². The van der Waals surface area contributed by atoms with Crippen molar-refractivity contribution in [3.8, 4) is 12.1 Å². The summed E-state index contributed by atoms with van der Waals surface area (Å²) in [5, 5.41) is 18.7. The van der Waals surface area contributed by atoms with Crippen LogP contribution in [0.3, 0.4) is 0 Å². The van der Waals surface area contributed by atoms with Crippen molar-refractivity contribution < 1.29 is 14.3 Å². The summed E-state index contributed by atoms with van der Waals surface area (Å²) in [6.07, 6.45) is 1.40. The van der Waals surface area contributed by atoms with Crippen LogP contribution in [0.25, 0.3) is 6.08 Å². The molecule has 1 aromatic heterocycles. The van der Waals surface area contributed by atoms with Crippen molar-refractivity contribution in [2.45, 2.75) is 20.3 Å². The third-order valence-electron chi connectivity index (χ3n) is 3.64. The van der Waals surface area contributed by atoms with E-state index in [4.69, 9.17) is 4.74 Å². The normalized spacial score (nSPS) is 10.7. The summed E-state index contributed by atoms with van der Waals surface area (Å²) < 4.78 is 4.99. The molecule has 0 aliphatic rings. The van der Waals surface area contributed by atoms with Crippen LogP contribution in [0.15, 0.2) is 35.9 Å². The summed E-state index contributed by atoms with van der Waals surface area (Å²) in [6.45, 7) is 3.58. The third kappa shape index (κ3) is 4.24. The minimum atomic E-state index is -0.509. The molecule has 0 saturated heterocycles. The first-order valence-electron chi connectivity index (χ1n) is 7.91. The number of benzene rings is 1. The van der Waals surface area contributed by atoms with Gasteiger partial charge in [-0.3, -0.25) is 4.79 Å². The molecule has 1 aromatic carbocycles. The molecule has 0 fully saturated rings. The molecule has 26 heavy (non-hydrogen) atoms. The maximum absolute atomic E-state index is 12.5. The maximum Gasteiger partial charge on any atom is 0.348 e. The highest BCUT2D eigenvalue weighted by molar-refractivity contribution is 7.14. The van der Waals surface area contributed by atoms with E-state index in [1.807, 2.05) is 30.3 Å². The van der Waals surface area contributed by atoms with Crippen LogP contribution in [0.5, 0.6) is 0 Å². The number of thiophene rings is 1. The van der Waals surface area contributed by atoms with Crippen molar-refractivity contribution in [1.29, 1.82) is 10.5 Å². The quantitative estimate of drug-likeness (QED) is 0.441. The lowest BCUT2D eigenvalue weighted by molar-refractivity contribution is -0.114. The maximum atomic E-state index is 12.5. The first-order valence-corrected chi connectivity index (χ1v) is 8.73. The first kappa shape index (κ1) is 19.1. The molecule has 130 valence electrons. The predicted octanol–water partition coefficient (Wildman–Crippen LogP) is 3.82. The van der Waals surface area contributed by atoms with Crippen LogP contribution in [-0.4, -0.2) is 18.4 Å². The van der Waals surface area contributed by atoms with E-state index in [-0.39, 0.29) is 18.6 Å². The van der Waals surface area contributed by atoms with Crippen molar-refractivity contribution in [2.75, 3.05) is 6.61 Å². The molecule has 1 heterocycles. The Kier molecular flexibility index (Phi) is 6.43. The Morgan fingerprint density at radius 1 is 1.23 bits per heavy atom. The van der Waals surface area contributed by atoms with Gasteiger partial charge in [-0.25, -0.2) is 4.79 Å². The molecular weight excluding hydrogens is 348 g/mol. The van der Waals surface area contributed by atoms with E-state index in [9.17, 15) is 20.1 Å². The Hall–Kier alpha value is -3.22. The fourth-order valence-corrected chi connectivity index (χ4v) is 3.52. The molecule has 0 N–H and O–H groups in total. The number of Topliss-reactive ketones (excluding diaryl/α,β-unsaturated/α-hetero) is 1. The molecule has 0 bridgehead atoms. The van der Waals surface area contributed by atoms with Gasteiger partial charge in [0, 0.05) is 11.3 Å². The van der Waals surface area contributed by atoms with E-state index >= 15 is 0 Å². The number of carbonyl (C=O) groups excluding carboxylic acids is 2. The van der Waals surface area contributed by atoms with Crippen LogP contribution in [0.1, 0.15) is 38.2 Å². The van der Waals surface area contributed by atoms with Gasteiger partial charge in [-0.15, -0.1) is 11.3 Å². The standard InChI is InChI=1S/C20H16N2O3S/c1-3-25-20(24)19-13(2)16(12-22)18(26-19)10-17(23)15(11-21)9-14-7-5-4-6-8-14/h4-9H,3,10H2,1-2H3. The Morgan fingerprint density at radius 3 is 2.50 bits per heavy atom. The van der Waals surface area contributed by atoms with E-state index in [0.717, 1.165) is 16.9 Å². The number of carbonyl (C=O) groups is 2. The largest absolute Gasteiger partial charge is 0.462 e. The molecule has 0 amide bonds. The highest BCUT2D eigenvalue weighted by Gasteiger charge is 2.23. The van der Waals surface area contributed by atoms with Crippen LogP contribution in [0, 0.1) is 29.6 Å². The van der Waals surface area contributed by atoms with Crippen LogP contribution in [-0.2, 0) is 16.0 Å². The highest BCUT2D eigenvalue weighted by Crippen LogP contribution is 2.29. The number of nitrogens with zero attached hydrogens (tertiary/aromatic N) is 2. The zero-order chi connectivity index (χ0) is 19.1. The van der Waals surface area contributed by atoms with Gasteiger partial charge in [0.2, 0.25) is 0 Å². The fraction of sp³-hybridized carbons (Fsp3) is 0.200. The minimum absolute atomic E-state index is 0.00354. The van der Waals surface area contributed by atoms with Crippen LogP contribution in [0.2, 0.25) is 0 Å². The second-order valence-corrected chi connectivity index (χ2v) is 6.47. The summed E-state index contributed by atoms with van der Waals surface area (Å²) >= 11 is 1.07. The number of rotatable bonds is 6. The van der Waals surface area contributed by atoms with Crippen molar-refractivity contribution >= 4 is 29.2 Å². The van der Waals surface area contributed by atoms with Gasteiger partial charge in [-0.2, -0.15) is 10.5 Å². The Balaban J connectivity index is 2.32. The van der Waals surface area contributed by atoms with Crippen LogP contribution < -0.4 is 0 Å². The van der Waals surface area contributed by atoms with Gasteiger partial charge < -0.3 is 4.74 Å². The lowest BCUT2D eigenvalue weighted by atomic mass is 10.0. The lowest BCUT2D eigenvalue weighted by Gasteiger charge is -1.99. The summed E-state index contributed by atoms with van der Waals surface area (Å²) in [5.41, 5.74) is 1.55. The van der Waals surface area contributed by atoms with E-state index in [1.54, 1.807) is 26.0 Å². The third-order valence-corrected chi connectivity index (χ3v) is 4.92. The average molecular weight is 364 g/mol. The van der Waals surface area contributed by atoms with Crippen molar-refractivity contribution in [2.24, 2.45) is 0 Å². The molecule has 0 radical (unpaired) electrons. The van der Waals surface area contributed by atoms with Gasteiger partial charge in [0.05, 0.1) is 17.7 Å². The number of hydrogen-bond donors (Lipinski definition) is 0. The minimum Gasteiger partial charge on any atom is -0.462 e. The van der Waals surface area contributed by atoms with Crippen molar-refractivity contribution in [3.05, 3.63) is 62.3 Å². The summed E-state index contributed by atoms with van der Waals surface area (Å²) in [5.74, 6) is -0.907. The lowest BCUT2D eigenvalue weighted by Crippen LogP contribution is -2.05. The monoisotopic (exact) mass is 364 g/mol. The molecule has 0 aliphatic carbocycles. The van der Waals surface area contributed by atoms with Crippen LogP contribution in [0.4, 0.5) is 0 Å². The highest BCUT2D eigenvalue weighted by atomic mass is 32.1. The predicted molar refractivity (Wildman–Crippen MR) is 98.5 cm³/mol. The molecule has 0 unspecified atom stereocenters. The number of ketones is 1. The Morgan fingerprint density at radius 2 is 1.92 bits per heavy atom. The number of nitriles is 2. The molecule has 2 rings (SSSR count). The summed E-state index contributed by atoms with van der Waals surface area (Å²) in [6, 6.07) is 13.0. The van der Waals surface area contributed by atoms with Gasteiger partial charge in [0.1, 0.15) is 17.0 Å². The van der Waals surface area contributed by atoms with Gasteiger partial charge in [-0.1, -0.05) is 30.3 Å². The van der Waals surface area contributed by atoms with Crippen LogP contribution >= 0.6 is 11.3 Å². The fourth-order valence-electron chi connectivity index (χ4n) is 2.37. The van der Waals surface area contributed by atoms with E-state index < -0.39 is 11.8 Å². The van der Waals surface area contributed by atoms with Crippen molar-refractivity contribution in [3.63, 3.8) is 0 Å². The molecule has 0 atom stereocenters.